The van der Waals surface area contributed by atoms with E-state index in [0.29, 0.717) is 16.5 Å². The molecule has 108 valence electrons. The highest BCUT2D eigenvalue weighted by Gasteiger charge is 2.17. The van der Waals surface area contributed by atoms with E-state index in [-0.39, 0.29) is 0 Å². The van der Waals surface area contributed by atoms with E-state index in [1.54, 1.807) is 18.5 Å². The zero-order valence-corrected chi connectivity index (χ0v) is 12.5. The third-order valence-electron chi connectivity index (χ3n) is 3.05. The molecular formula is C16H13N5S. The van der Waals surface area contributed by atoms with Gasteiger partial charge in [-0.25, -0.2) is 4.98 Å². The number of pyridine rings is 2. The van der Waals surface area contributed by atoms with Crippen LogP contribution in [0.1, 0.15) is 5.69 Å². The van der Waals surface area contributed by atoms with Gasteiger partial charge in [0.1, 0.15) is 5.69 Å². The summed E-state index contributed by atoms with van der Waals surface area (Å²) >= 11 is 1.39. The maximum atomic E-state index is 5.91. The molecule has 0 saturated carbocycles. The topological polar surface area (TPSA) is 77.0 Å². The number of anilines is 1. The predicted molar refractivity (Wildman–Crippen MR) is 92.0 cm³/mol. The van der Waals surface area contributed by atoms with Crippen molar-refractivity contribution in [1.29, 1.82) is 0 Å². The van der Waals surface area contributed by atoms with E-state index in [1.165, 1.54) is 17.5 Å². The highest BCUT2D eigenvalue weighted by molar-refractivity contribution is 7.19. The molecule has 3 aromatic heterocycles. The molecule has 0 atom stereocenters. The van der Waals surface area contributed by atoms with Crippen LogP contribution in [-0.4, -0.2) is 20.7 Å². The van der Waals surface area contributed by atoms with Gasteiger partial charge in [-0.15, -0.1) is 0 Å². The summed E-state index contributed by atoms with van der Waals surface area (Å²) in [5, 5.41) is 0.463. The third kappa shape index (κ3) is 2.40. The second kappa shape index (κ2) is 5.87. The normalized spacial score (nSPS) is 11.5. The summed E-state index contributed by atoms with van der Waals surface area (Å²) in [6.07, 6.45) is 6.58. The standard InChI is InChI=1S/C16H13N5S/c1-3-11(18-4-2)14-15(22-16(17)21-14)10-7-9-19-12-6-5-8-20-13(10)12/h3-9H,1-2H2,(H2,17,21)/b18-11+. The number of hydrogen-bond donors (Lipinski definition) is 1. The summed E-state index contributed by atoms with van der Waals surface area (Å²) in [6, 6.07) is 5.68. The second-order valence-corrected chi connectivity index (χ2v) is 5.39. The van der Waals surface area contributed by atoms with Crippen LogP contribution in [0.15, 0.2) is 61.0 Å². The minimum atomic E-state index is 0.463. The van der Waals surface area contributed by atoms with Crippen LogP contribution in [0, 0.1) is 0 Å². The van der Waals surface area contributed by atoms with E-state index in [2.05, 4.69) is 33.1 Å². The number of nitrogens with two attached hydrogens (primary N) is 1. The van der Waals surface area contributed by atoms with Crippen molar-refractivity contribution in [1.82, 2.24) is 15.0 Å². The molecule has 0 aliphatic carbocycles. The molecule has 0 aliphatic heterocycles. The van der Waals surface area contributed by atoms with Crippen molar-refractivity contribution in [2.45, 2.75) is 0 Å². The van der Waals surface area contributed by atoms with Gasteiger partial charge in [0, 0.05) is 24.2 Å². The van der Waals surface area contributed by atoms with Crippen molar-refractivity contribution in [2.75, 3.05) is 5.73 Å². The van der Waals surface area contributed by atoms with Gasteiger partial charge in [0.2, 0.25) is 0 Å². The molecule has 3 rings (SSSR count). The van der Waals surface area contributed by atoms with Crippen molar-refractivity contribution in [2.24, 2.45) is 4.99 Å². The highest BCUT2D eigenvalue weighted by Crippen LogP contribution is 2.35. The number of rotatable bonds is 4. The number of nitrogens with zero attached hydrogens (tertiary/aromatic N) is 4. The average molecular weight is 307 g/mol. The van der Waals surface area contributed by atoms with Gasteiger partial charge < -0.3 is 5.73 Å². The molecule has 3 aromatic rings. The highest BCUT2D eigenvalue weighted by atomic mass is 32.1. The van der Waals surface area contributed by atoms with Gasteiger partial charge in [-0.05, 0) is 24.3 Å². The summed E-state index contributed by atoms with van der Waals surface area (Å²) < 4.78 is 0. The Morgan fingerprint density at radius 2 is 2.09 bits per heavy atom. The van der Waals surface area contributed by atoms with E-state index in [0.717, 1.165) is 21.5 Å². The molecule has 0 fully saturated rings. The molecule has 0 radical (unpaired) electrons. The van der Waals surface area contributed by atoms with Crippen LogP contribution in [0.25, 0.3) is 21.5 Å². The zero-order valence-electron chi connectivity index (χ0n) is 11.7. The fraction of sp³-hybridized carbons (Fsp3) is 0. The van der Waals surface area contributed by atoms with Crippen LogP contribution >= 0.6 is 11.3 Å². The molecular weight excluding hydrogens is 294 g/mol. The van der Waals surface area contributed by atoms with Gasteiger partial charge in [-0.3, -0.25) is 15.0 Å². The summed E-state index contributed by atoms with van der Waals surface area (Å²) in [5.74, 6) is 0. The SMILES string of the molecule is C=C/N=C(\C=C)c1nc(N)sc1-c1ccnc2cccnc12. The lowest BCUT2D eigenvalue weighted by atomic mass is 10.1. The number of allylic oxidation sites excluding steroid dienone is 1. The van der Waals surface area contributed by atoms with Gasteiger partial charge in [-0.1, -0.05) is 24.5 Å². The Labute approximate surface area is 131 Å². The Kier molecular flexibility index (Phi) is 3.76. The van der Waals surface area contributed by atoms with Crippen molar-refractivity contribution in [3.63, 3.8) is 0 Å². The van der Waals surface area contributed by atoms with E-state index in [4.69, 9.17) is 5.73 Å². The quantitative estimate of drug-likeness (QED) is 0.749. The minimum absolute atomic E-state index is 0.463. The van der Waals surface area contributed by atoms with E-state index in [1.807, 2.05) is 18.2 Å². The summed E-state index contributed by atoms with van der Waals surface area (Å²) in [4.78, 5) is 18.2. The smallest absolute Gasteiger partial charge is 0.181 e. The zero-order chi connectivity index (χ0) is 15.5. The van der Waals surface area contributed by atoms with Crippen LogP contribution in [0.2, 0.25) is 0 Å². The van der Waals surface area contributed by atoms with Crippen LogP contribution in [0.5, 0.6) is 0 Å². The van der Waals surface area contributed by atoms with Crippen LogP contribution in [0.3, 0.4) is 0 Å². The fourth-order valence-electron chi connectivity index (χ4n) is 2.16. The molecule has 0 bridgehead atoms. The number of thiazole rings is 1. The lowest BCUT2D eigenvalue weighted by Crippen LogP contribution is -1.99. The second-order valence-electron chi connectivity index (χ2n) is 4.36. The van der Waals surface area contributed by atoms with Crippen LogP contribution in [0.4, 0.5) is 5.13 Å². The number of fused-ring (bicyclic) bond motifs is 1. The van der Waals surface area contributed by atoms with Crippen molar-refractivity contribution >= 4 is 33.2 Å². The van der Waals surface area contributed by atoms with Gasteiger partial charge >= 0.3 is 0 Å². The number of hydrogen-bond acceptors (Lipinski definition) is 6. The number of aliphatic imine (C=N–C) groups is 1. The van der Waals surface area contributed by atoms with Gasteiger partial charge in [0.25, 0.3) is 0 Å². The molecule has 2 N–H and O–H groups in total. The molecule has 5 nitrogen and oxygen atoms in total. The molecule has 0 aliphatic rings. The Morgan fingerprint density at radius 3 is 2.86 bits per heavy atom. The first-order chi connectivity index (χ1) is 10.7. The third-order valence-corrected chi connectivity index (χ3v) is 3.97. The van der Waals surface area contributed by atoms with Crippen molar-refractivity contribution in [3.8, 4) is 10.4 Å². The van der Waals surface area contributed by atoms with Crippen molar-refractivity contribution < 1.29 is 0 Å². The summed E-state index contributed by atoms with van der Waals surface area (Å²) in [6.45, 7) is 7.40. The molecule has 0 amide bonds. The van der Waals surface area contributed by atoms with E-state index >= 15 is 0 Å². The molecule has 0 aromatic carbocycles. The largest absolute Gasteiger partial charge is 0.375 e. The Morgan fingerprint density at radius 1 is 1.23 bits per heavy atom. The van der Waals surface area contributed by atoms with Gasteiger partial charge in [0.15, 0.2) is 5.13 Å². The molecule has 3 heterocycles. The molecule has 6 heteroatoms. The maximum absolute atomic E-state index is 5.91. The monoisotopic (exact) mass is 307 g/mol. The van der Waals surface area contributed by atoms with E-state index < -0.39 is 0 Å². The first-order valence-electron chi connectivity index (χ1n) is 6.52. The Hall–Kier alpha value is -2.86. The van der Waals surface area contributed by atoms with Gasteiger partial charge in [0.05, 0.1) is 21.6 Å². The molecule has 22 heavy (non-hydrogen) atoms. The summed E-state index contributed by atoms with van der Waals surface area (Å²) in [5.41, 5.74) is 9.75. The first kappa shape index (κ1) is 14.1. The average Bonchev–Trinajstić information content (AvgIpc) is 2.93. The van der Waals surface area contributed by atoms with Crippen LogP contribution in [-0.2, 0) is 0 Å². The fourth-order valence-corrected chi connectivity index (χ4v) is 3.03. The van der Waals surface area contributed by atoms with Crippen LogP contribution < -0.4 is 5.73 Å². The molecule has 0 saturated heterocycles. The number of nitrogen functional groups attached to an aromatic ring is 1. The lowest BCUT2D eigenvalue weighted by molar-refractivity contribution is 1.33. The minimum Gasteiger partial charge on any atom is -0.375 e. The maximum Gasteiger partial charge on any atom is 0.181 e. The Bertz CT molecular complexity index is 889. The Balaban J connectivity index is 2.30. The lowest BCUT2D eigenvalue weighted by Gasteiger charge is -2.05. The van der Waals surface area contributed by atoms with E-state index in [9.17, 15) is 0 Å². The van der Waals surface area contributed by atoms with Gasteiger partial charge in [-0.2, -0.15) is 0 Å². The predicted octanol–water partition coefficient (Wildman–Crippen LogP) is 3.45. The molecule has 0 unspecified atom stereocenters. The molecule has 0 spiro atoms. The number of aromatic nitrogens is 3. The first-order valence-corrected chi connectivity index (χ1v) is 7.34. The van der Waals surface area contributed by atoms with Crippen molar-refractivity contribution in [3.05, 3.63) is 61.7 Å². The summed E-state index contributed by atoms with van der Waals surface area (Å²) in [7, 11) is 0.